The van der Waals surface area contributed by atoms with E-state index in [-0.39, 0.29) is 24.5 Å². The molecule has 5 rings (SSSR count). The second kappa shape index (κ2) is 9.52. The maximum atomic E-state index is 12.9. The van der Waals surface area contributed by atoms with Gasteiger partial charge in [-0.05, 0) is 57.1 Å². The van der Waals surface area contributed by atoms with Crippen LogP contribution in [-0.2, 0) is 9.53 Å². The number of ether oxygens (including phenoxy) is 1. The van der Waals surface area contributed by atoms with Crippen molar-refractivity contribution in [2.24, 2.45) is 0 Å². The van der Waals surface area contributed by atoms with E-state index in [1.54, 1.807) is 0 Å². The molecule has 0 N–H and O–H groups in total. The summed E-state index contributed by atoms with van der Waals surface area (Å²) in [6.45, 7) is 6.08. The van der Waals surface area contributed by atoms with Crippen LogP contribution in [-0.4, -0.2) is 83.5 Å². The predicted octanol–water partition coefficient (Wildman–Crippen LogP) is 3.23. The minimum absolute atomic E-state index is 0.174. The van der Waals surface area contributed by atoms with E-state index in [1.165, 1.54) is 12.8 Å². The summed E-state index contributed by atoms with van der Waals surface area (Å²) in [5.74, 6) is 0.378. The molecule has 174 valence electrons. The van der Waals surface area contributed by atoms with Gasteiger partial charge in [0, 0.05) is 43.8 Å². The monoisotopic (exact) mass is 439 g/mol. The van der Waals surface area contributed by atoms with Crippen molar-refractivity contribution in [3.8, 4) is 0 Å². The van der Waals surface area contributed by atoms with Crippen molar-refractivity contribution < 1.29 is 14.3 Å². The largest absolute Gasteiger partial charge is 0.366 e. The van der Waals surface area contributed by atoms with Gasteiger partial charge in [-0.1, -0.05) is 31.0 Å². The number of benzene rings is 1. The SMILES string of the molecule is Cc1ccccc1C(=O)N1CCC(N2CCC(N3C(=O)CO[C@H]4CCCC[C@@H]43)CC2)CC1. The van der Waals surface area contributed by atoms with Gasteiger partial charge >= 0.3 is 0 Å². The number of likely N-dealkylation sites (tertiary alicyclic amines) is 2. The van der Waals surface area contributed by atoms with E-state index < -0.39 is 0 Å². The van der Waals surface area contributed by atoms with Gasteiger partial charge in [0.2, 0.25) is 5.91 Å². The van der Waals surface area contributed by atoms with E-state index in [1.807, 2.05) is 36.1 Å². The van der Waals surface area contributed by atoms with Crippen LogP contribution >= 0.6 is 0 Å². The minimum Gasteiger partial charge on any atom is -0.366 e. The van der Waals surface area contributed by atoms with Gasteiger partial charge < -0.3 is 19.4 Å². The first-order valence-electron chi connectivity index (χ1n) is 12.6. The number of morpholine rings is 1. The van der Waals surface area contributed by atoms with Gasteiger partial charge in [0.1, 0.15) is 6.61 Å². The number of hydrogen-bond donors (Lipinski definition) is 0. The summed E-state index contributed by atoms with van der Waals surface area (Å²) in [6.07, 6.45) is 9.13. The van der Waals surface area contributed by atoms with E-state index in [4.69, 9.17) is 4.74 Å². The Hall–Kier alpha value is -1.92. The second-order valence-corrected chi connectivity index (χ2v) is 10.1. The van der Waals surface area contributed by atoms with Gasteiger partial charge in [-0.15, -0.1) is 0 Å². The molecule has 0 aromatic heterocycles. The highest BCUT2D eigenvalue weighted by Crippen LogP contribution is 2.33. The molecule has 6 heteroatoms. The second-order valence-electron chi connectivity index (χ2n) is 10.1. The average molecular weight is 440 g/mol. The van der Waals surface area contributed by atoms with Crippen molar-refractivity contribution in [1.82, 2.24) is 14.7 Å². The first kappa shape index (κ1) is 21.9. The smallest absolute Gasteiger partial charge is 0.254 e. The third-order valence-corrected chi connectivity index (χ3v) is 8.27. The van der Waals surface area contributed by atoms with E-state index in [9.17, 15) is 9.59 Å². The van der Waals surface area contributed by atoms with Gasteiger partial charge in [-0.25, -0.2) is 0 Å². The molecule has 1 saturated carbocycles. The summed E-state index contributed by atoms with van der Waals surface area (Å²) in [4.78, 5) is 32.5. The molecular formula is C26H37N3O3. The summed E-state index contributed by atoms with van der Waals surface area (Å²) in [5.41, 5.74) is 1.89. The lowest BCUT2D eigenvalue weighted by Crippen LogP contribution is -2.61. The molecule has 0 bridgehead atoms. The zero-order valence-corrected chi connectivity index (χ0v) is 19.4. The molecule has 2 amide bonds. The van der Waals surface area contributed by atoms with Crippen LogP contribution in [0.1, 0.15) is 67.3 Å². The lowest BCUT2D eigenvalue weighted by Gasteiger charge is -2.50. The number of hydrogen-bond acceptors (Lipinski definition) is 4. The van der Waals surface area contributed by atoms with Crippen LogP contribution < -0.4 is 0 Å². The van der Waals surface area contributed by atoms with Crippen molar-refractivity contribution in [2.45, 2.75) is 82.5 Å². The standard InChI is InChI=1S/C26H37N3O3/c1-19-6-2-3-7-22(19)26(31)28-16-10-20(11-17-28)27-14-12-21(13-15-27)29-23-8-4-5-9-24(23)32-18-25(29)30/h2-3,6-7,20-21,23-24H,4-5,8-18H2,1H3/t23-,24-/m0/s1. The molecule has 3 aliphatic heterocycles. The van der Waals surface area contributed by atoms with Crippen molar-refractivity contribution in [3.05, 3.63) is 35.4 Å². The number of carbonyl (C=O) groups is 2. The predicted molar refractivity (Wildman–Crippen MR) is 124 cm³/mol. The van der Waals surface area contributed by atoms with Crippen LogP contribution in [0.5, 0.6) is 0 Å². The summed E-state index contributed by atoms with van der Waals surface area (Å²) in [5, 5.41) is 0. The van der Waals surface area contributed by atoms with Gasteiger partial charge in [-0.2, -0.15) is 0 Å². The highest BCUT2D eigenvalue weighted by atomic mass is 16.5. The van der Waals surface area contributed by atoms with E-state index in [2.05, 4.69) is 9.80 Å². The Balaban J connectivity index is 1.13. The highest BCUT2D eigenvalue weighted by Gasteiger charge is 2.42. The Labute approximate surface area is 191 Å². The number of nitrogens with zero attached hydrogens (tertiary/aromatic N) is 3. The number of amides is 2. The fourth-order valence-electron chi connectivity index (χ4n) is 6.45. The van der Waals surface area contributed by atoms with Crippen LogP contribution in [0, 0.1) is 6.92 Å². The lowest BCUT2D eigenvalue weighted by molar-refractivity contribution is -0.167. The van der Waals surface area contributed by atoms with Crippen LogP contribution in [0.2, 0.25) is 0 Å². The number of aryl methyl sites for hydroxylation is 1. The van der Waals surface area contributed by atoms with Crippen molar-refractivity contribution >= 4 is 11.8 Å². The minimum atomic E-state index is 0.174. The molecule has 3 saturated heterocycles. The van der Waals surface area contributed by atoms with Gasteiger partial charge in [-0.3, -0.25) is 9.59 Å². The summed E-state index contributed by atoms with van der Waals surface area (Å²) in [6, 6.07) is 9.12. The van der Waals surface area contributed by atoms with E-state index in [0.29, 0.717) is 18.1 Å². The fourth-order valence-corrected chi connectivity index (χ4v) is 6.45. The molecule has 2 atom stereocenters. The molecule has 1 aliphatic carbocycles. The average Bonchev–Trinajstić information content (AvgIpc) is 2.84. The molecule has 32 heavy (non-hydrogen) atoms. The molecule has 0 radical (unpaired) electrons. The molecule has 1 aromatic rings. The zero-order chi connectivity index (χ0) is 22.1. The van der Waals surface area contributed by atoms with Crippen molar-refractivity contribution in [3.63, 3.8) is 0 Å². The van der Waals surface area contributed by atoms with Gasteiger partial charge in [0.05, 0.1) is 12.1 Å². The summed E-state index contributed by atoms with van der Waals surface area (Å²) < 4.78 is 5.87. The Morgan fingerprint density at radius 3 is 2.34 bits per heavy atom. The zero-order valence-electron chi connectivity index (χ0n) is 19.4. The van der Waals surface area contributed by atoms with E-state index >= 15 is 0 Å². The Kier molecular flexibility index (Phi) is 6.51. The first-order valence-corrected chi connectivity index (χ1v) is 12.6. The molecule has 3 heterocycles. The maximum absolute atomic E-state index is 12.9. The topological polar surface area (TPSA) is 53.1 Å². The molecule has 4 fully saturated rings. The molecule has 0 unspecified atom stereocenters. The molecule has 0 spiro atoms. The highest BCUT2D eigenvalue weighted by molar-refractivity contribution is 5.95. The fraction of sp³-hybridized carbons (Fsp3) is 0.692. The quantitative estimate of drug-likeness (QED) is 0.726. The summed E-state index contributed by atoms with van der Waals surface area (Å²) >= 11 is 0. The molecule has 1 aromatic carbocycles. The lowest BCUT2D eigenvalue weighted by atomic mass is 9.87. The maximum Gasteiger partial charge on any atom is 0.254 e. The molecule has 6 nitrogen and oxygen atoms in total. The first-order chi connectivity index (χ1) is 15.6. The molecule has 4 aliphatic rings. The van der Waals surface area contributed by atoms with Gasteiger partial charge in [0.25, 0.3) is 5.91 Å². The van der Waals surface area contributed by atoms with Crippen LogP contribution in [0.4, 0.5) is 0 Å². The number of carbonyl (C=O) groups excluding carboxylic acids is 2. The Morgan fingerprint density at radius 1 is 0.906 bits per heavy atom. The number of fused-ring (bicyclic) bond motifs is 1. The summed E-state index contributed by atoms with van der Waals surface area (Å²) in [7, 11) is 0. The Morgan fingerprint density at radius 2 is 1.59 bits per heavy atom. The third kappa shape index (κ3) is 4.32. The van der Waals surface area contributed by atoms with Gasteiger partial charge in [0.15, 0.2) is 0 Å². The van der Waals surface area contributed by atoms with Crippen LogP contribution in [0.25, 0.3) is 0 Å². The number of piperidine rings is 2. The van der Waals surface area contributed by atoms with E-state index in [0.717, 1.165) is 75.8 Å². The molecular weight excluding hydrogens is 402 g/mol. The Bertz CT molecular complexity index is 827. The van der Waals surface area contributed by atoms with Crippen LogP contribution in [0.3, 0.4) is 0 Å². The van der Waals surface area contributed by atoms with Crippen molar-refractivity contribution in [1.29, 1.82) is 0 Å². The third-order valence-electron chi connectivity index (χ3n) is 8.27. The number of rotatable bonds is 3. The van der Waals surface area contributed by atoms with Crippen molar-refractivity contribution in [2.75, 3.05) is 32.8 Å². The van der Waals surface area contributed by atoms with Crippen LogP contribution in [0.15, 0.2) is 24.3 Å². The normalized spacial score (nSPS) is 28.6.